The van der Waals surface area contributed by atoms with Crippen LogP contribution in [0.3, 0.4) is 0 Å². The number of aromatic carboxylic acids is 1. The first-order valence-electron chi connectivity index (χ1n) is 8.49. The Morgan fingerprint density at radius 2 is 1.67 bits per heavy atom. The molecule has 0 amide bonds. The SMILES string of the molecule is Cc1c(-c2ccccc2)nn(Cc2nc(C(=O)O)cs2)c1-c1ccccc1. The molecule has 0 aliphatic carbocycles. The second-order valence-electron chi connectivity index (χ2n) is 6.14. The van der Waals surface area contributed by atoms with Gasteiger partial charge in [-0.25, -0.2) is 9.78 Å². The highest BCUT2D eigenvalue weighted by molar-refractivity contribution is 7.09. The van der Waals surface area contributed by atoms with Gasteiger partial charge in [-0.05, 0) is 6.92 Å². The molecule has 2 aromatic heterocycles. The number of hydrogen-bond donors (Lipinski definition) is 1. The van der Waals surface area contributed by atoms with E-state index in [1.807, 2.05) is 53.2 Å². The molecule has 1 N–H and O–H groups in total. The van der Waals surface area contributed by atoms with E-state index in [4.69, 9.17) is 10.2 Å². The van der Waals surface area contributed by atoms with Crippen LogP contribution >= 0.6 is 11.3 Å². The Morgan fingerprint density at radius 3 is 2.26 bits per heavy atom. The third kappa shape index (κ3) is 3.39. The minimum atomic E-state index is -1.01. The number of hydrogen-bond acceptors (Lipinski definition) is 4. The molecular formula is C21H17N3O2S. The van der Waals surface area contributed by atoms with Gasteiger partial charge in [-0.3, -0.25) is 4.68 Å². The summed E-state index contributed by atoms with van der Waals surface area (Å²) in [6, 6.07) is 20.2. The molecule has 0 atom stereocenters. The molecule has 6 heteroatoms. The van der Waals surface area contributed by atoms with Gasteiger partial charge in [0.2, 0.25) is 0 Å². The lowest BCUT2D eigenvalue weighted by molar-refractivity contribution is 0.0691. The van der Waals surface area contributed by atoms with Crippen LogP contribution in [-0.2, 0) is 6.54 Å². The zero-order chi connectivity index (χ0) is 18.8. The number of carboxylic acid groups (broad SMARTS) is 1. The van der Waals surface area contributed by atoms with Gasteiger partial charge >= 0.3 is 5.97 Å². The summed E-state index contributed by atoms with van der Waals surface area (Å²) in [6.45, 7) is 2.49. The van der Waals surface area contributed by atoms with Crippen LogP contribution in [0.15, 0.2) is 66.0 Å². The zero-order valence-corrected chi connectivity index (χ0v) is 15.5. The van der Waals surface area contributed by atoms with Gasteiger partial charge in [-0.1, -0.05) is 60.7 Å². The van der Waals surface area contributed by atoms with Crippen molar-refractivity contribution in [2.45, 2.75) is 13.5 Å². The molecular weight excluding hydrogens is 358 g/mol. The van der Waals surface area contributed by atoms with Crippen molar-refractivity contribution < 1.29 is 9.90 Å². The number of thiazole rings is 1. The quantitative estimate of drug-likeness (QED) is 0.548. The van der Waals surface area contributed by atoms with Gasteiger partial charge in [0.15, 0.2) is 5.69 Å². The highest BCUT2D eigenvalue weighted by atomic mass is 32.1. The number of benzene rings is 2. The molecule has 4 rings (SSSR count). The van der Waals surface area contributed by atoms with E-state index in [0.717, 1.165) is 28.1 Å². The van der Waals surface area contributed by atoms with Crippen molar-refractivity contribution in [1.82, 2.24) is 14.8 Å². The fourth-order valence-electron chi connectivity index (χ4n) is 3.11. The summed E-state index contributed by atoms with van der Waals surface area (Å²) in [5.74, 6) is -1.01. The molecule has 4 aromatic rings. The molecule has 0 bridgehead atoms. The molecule has 0 radical (unpaired) electrons. The highest BCUT2D eigenvalue weighted by Crippen LogP contribution is 2.32. The first kappa shape index (κ1) is 17.2. The van der Waals surface area contributed by atoms with Crippen LogP contribution < -0.4 is 0 Å². The summed E-state index contributed by atoms with van der Waals surface area (Å²) in [4.78, 5) is 15.3. The van der Waals surface area contributed by atoms with Crippen LogP contribution in [0.2, 0.25) is 0 Å². The Balaban J connectivity index is 1.82. The maximum Gasteiger partial charge on any atom is 0.355 e. The van der Waals surface area contributed by atoms with Crippen LogP contribution in [0.25, 0.3) is 22.5 Å². The molecule has 0 saturated carbocycles. The average molecular weight is 375 g/mol. The minimum Gasteiger partial charge on any atom is -0.476 e. The molecule has 0 fully saturated rings. The summed E-state index contributed by atoms with van der Waals surface area (Å²) in [5, 5.41) is 16.2. The number of rotatable bonds is 5. The molecule has 0 spiro atoms. The van der Waals surface area contributed by atoms with E-state index in [1.54, 1.807) is 5.38 Å². The number of carboxylic acids is 1. The standard InChI is InChI=1S/C21H17N3O2S/c1-14-19(15-8-4-2-5-9-15)23-24(20(14)16-10-6-3-7-11-16)12-18-22-17(13-27-18)21(25)26/h2-11,13H,12H2,1H3,(H,25,26). The van der Waals surface area contributed by atoms with Gasteiger partial charge < -0.3 is 5.11 Å². The van der Waals surface area contributed by atoms with Crippen LogP contribution in [0.4, 0.5) is 0 Å². The second-order valence-corrected chi connectivity index (χ2v) is 7.09. The smallest absolute Gasteiger partial charge is 0.355 e. The molecule has 0 saturated heterocycles. The zero-order valence-electron chi connectivity index (χ0n) is 14.7. The third-order valence-electron chi connectivity index (χ3n) is 4.34. The van der Waals surface area contributed by atoms with Crippen molar-refractivity contribution in [2.75, 3.05) is 0 Å². The van der Waals surface area contributed by atoms with Gasteiger partial charge in [0.05, 0.1) is 17.9 Å². The highest BCUT2D eigenvalue weighted by Gasteiger charge is 2.19. The predicted octanol–water partition coefficient (Wildman–Crippen LogP) is 4.73. The second kappa shape index (κ2) is 7.17. The van der Waals surface area contributed by atoms with Crippen molar-refractivity contribution >= 4 is 17.3 Å². The normalized spacial score (nSPS) is 10.9. The summed E-state index contributed by atoms with van der Waals surface area (Å²) >= 11 is 1.33. The van der Waals surface area contributed by atoms with E-state index in [1.165, 1.54) is 11.3 Å². The van der Waals surface area contributed by atoms with E-state index < -0.39 is 5.97 Å². The molecule has 0 aliphatic heterocycles. The topological polar surface area (TPSA) is 68.0 Å². The Labute approximate surface area is 160 Å². The van der Waals surface area contributed by atoms with Gasteiger partial charge in [0.25, 0.3) is 0 Å². The van der Waals surface area contributed by atoms with Gasteiger partial charge in [-0.15, -0.1) is 11.3 Å². The average Bonchev–Trinajstić information content (AvgIpc) is 3.28. The minimum absolute atomic E-state index is 0.0726. The molecule has 5 nitrogen and oxygen atoms in total. The van der Waals surface area contributed by atoms with Gasteiger partial charge in [0.1, 0.15) is 5.01 Å². The number of aromatic nitrogens is 3. The monoisotopic (exact) mass is 375 g/mol. The summed E-state index contributed by atoms with van der Waals surface area (Å²) < 4.78 is 1.91. The predicted molar refractivity (Wildman–Crippen MR) is 106 cm³/mol. The maximum atomic E-state index is 11.1. The van der Waals surface area contributed by atoms with Crippen molar-refractivity contribution in [3.05, 3.63) is 82.3 Å². The largest absolute Gasteiger partial charge is 0.476 e. The molecule has 2 heterocycles. The van der Waals surface area contributed by atoms with Crippen LogP contribution in [0, 0.1) is 6.92 Å². The fraction of sp³-hybridized carbons (Fsp3) is 0.0952. The molecule has 27 heavy (non-hydrogen) atoms. The van der Waals surface area contributed by atoms with E-state index >= 15 is 0 Å². The van der Waals surface area contributed by atoms with E-state index in [9.17, 15) is 4.79 Å². The van der Waals surface area contributed by atoms with E-state index in [0.29, 0.717) is 11.6 Å². The fourth-order valence-corrected chi connectivity index (χ4v) is 3.86. The Kier molecular flexibility index (Phi) is 4.56. The maximum absolute atomic E-state index is 11.1. The molecule has 134 valence electrons. The molecule has 0 unspecified atom stereocenters. The Bertz CT molecular complexity index is 1090. The summed E-state index contributed by atoms with van der Waals surface area (Å²) in [5.41, 5.74) is 5.22. The lowest BCUT2D eigenvalue weighted by atomic mass is 10.0. The van der Waals surface area contributed by atoms with E-state index in [-0.39, 0.29) is 5.69 Å². The van der Waals surface area contributed by atoms with Gasteiger partial charge in [0, 0.05) is 22.1 Å². The Morgan fingerprint density at radius 1 is 1.04 bits per heavy atom. The number of carbonyl (C=O) groups is 1. The lowest BCUT2D eigenvalue weighted by Gasteiger charge is -2.07. The van der Waals surface area contributed by atoms with Crippen LogP contribution in [-0.4, -0.2) is 25.8 Å². The Hall–Kier alpha value is -3.25. The van der Waals surface area contributed by atoms with Crippen molar-refractivity contribution in [3.63, 3.8) is 0 Å². The summed E-state index contributed by atoms with van der Waals surface area (Å²) in [6.07, 6.45) is 0. The first-order valence-corrected chi connectivity index (χ1v) is 9.37. The van der Waals surface area contributed by atoms with Crippen LogP contribution in [0.1, 0.15) is 21.1 Å². The van der Waals surface area contributed by atoms with Crippen molar-refractivity contribution in [1.29, 1.82) is 0 Å². The lowest BCUT2D eigenvalue weighted by Crippen LogP contribution is -2.05. The van der Waals surface area contributed by atoms with Crippen molar-refractivity contribution in [3.8, 4) is 22.5 Å². The molecule has 0 aliphatic rings. The van der Waals surface area contributed by atoms with E-state index in [2.05, 4.69) is 24.0 Å². The third-order valence-corrected chi connectivity index (χ3v) is 5.17. The summed E-state index contributed by atoms with van der Waals surface area (Å²) in [7, 11) is 0. The number of nitrogens with zero attached hydrogens (tertiary/aromatic N) is 3. The van der Waals surface area contributed by atoms with Gasteiger partial charge in [-0.2, -0.15) is 5.10 Å². The van der Waals surface area contributed by atoms with Crippen LogP contribution in [0.5, 0.6) is 0 Å². The molecule has 2 aromatic carbocycles. The van der Waals surface area contributed by atoms with Crippen molar-refractivity contribution in [2.24, 2.45) is 0 Å². The first-order chi connectivity index (χ1) is 13.1.